The second-order valence-corrected chi connectivity index (χ2v) is 8.13. The second-order valence-electron chi connectivity index (χ2n) is 7.22. The Balaban J connectivity index is 1.98. The van der Waals surface area contributed by atoms with Crippen molar-refractivity contribution in [2.24, 2.45) is 5.92 Å². The monoisotopic (exact) mass is 393 g/mol. The molecule has 0 spiro atoms. The largest absolute Gasteiger partial charge is 0.504 e. The van der Waals surface area contributed by atoms with Gasteiger partial charge in [-0.15, -0.1) is 0 Å². The van der Waals surface area contributed by atoms with E-state index in [-0.39, 0.29) is 35.1 Å². The molecular formula is C18H20BrNO4. The van der Waals surface area contributed by atoms with Crippen molar-refractivity contribution in [1.82, 2.24) is 4.90 Å². The van der Waals surface area contributed by atoms with E-state index in [1.165, 1.54) is 6.07 Å². The van der Waals surface area contributed by atoms with E-state index in [4.69, 9.17) is 0 Å². The number of likely N-dealkylation sites (tertiary alicyclic amines) is 1. The van der Waals surface area contributed by atoms with E-state index in [0.717, 1.165) is 5.56 Å². The average Bonchev–Trinajstić information content (AvgIpc) is 2.54. The molecule has 1 heterocycles. The molecule has 128 valence electrons. The smallest absolute Gasteiger partial charge is 0.219 e. The van der Waals surface area contributed by atoms with Gasteiger partial charge in [-0.3, -0.25) is 9.59 Å². The van der Waals surface area contributed by atoms with Crippen LogP contribution in [0.3, 0.4) is 0 Å². The number of nitrogens with zero attached hydrogens (tertiary/aromatic N) is 1. The number of amides is 1. The predicted molar refractivity (Wildman–Crippen MR) is 91.4 cm³/mol. The third-order valence-corrected chi connectivity index (χ3v) is 7.60. The maximum atomic E-state index is 12.5. The van der Waals surface area contributed by atoms with Gasteiger partial charge in [0.15, 0.2) is 11.5 Å². The maximum Gasteiger partial charge on any atom is 0.219 e. The number of Topliss-reactive ketones (excluding diaryl/α,β-unsaturated/α-hetero) is 1. The fraction of sp³-hybridized carbons (Fsp3) is 0.556. The lowest BCUT2D eigenvalue weighted by Crippen LogP contribution is -2.66. The lowest BCUT2D eigenvalue weighted by molar-refractivity contribution is -0.139. The van der Waals surface area contributed by atoms with Gasteiger partial charge in [-0.25, -0.2) is 0 Å². The van der Waals surface area contributed by atoms with Crippen LogP contribution < -0.4 is 0 Å². The van der Waals surface area contributed by atoms with Crippen molar-refractivity contribution in [3.63, 3.8) is 0 Å². The molecule has 4 rings (SSSR count). The van der Waals surface area contributed by atoms with Crippen molar-refractivity contribution < 1.29 is 19.8 Å². The van der Waals surface area contributed by atoms with E-state index >= 15 is 0 Å². The van der Waals surface area contributed by atoms with E-state index in [9.17, 15) is 19.8 Å². The quantitative estimate of drug-likeness (QED) is 0.523. The Morgan fingerprint density at radius 3 is 2.83 bits per heavy atom. The lowest BCUT2D eigenvalue weighted by Gasteiger charge is -2.60. The van der Waals surface area contributed by atoms with Gasteiger partial charge in [0.1, 0.15) is 5.78 Å². The fourth-order valence-electron chi connectivity index (χ4n) is 5.31. The molecule has 1 aromatic rings. The number of benzene rings is 1. The third kappa shape index (κ3) is 1.86. The molecule has 1 aromatic carbocycles. The molecule has 0 radical (unpaired) electrons. The van der Waals surface area contributed by atoms with Crippen molar-refractivity contribution in [3.8, 4) is 11.5 Å². The normalized spacial score (nSPS) is 34.5. The number of halogens is 1. The minimum absolute atomic E-state index is 0.0424. The highest BCUT2D eigenvalue weighted by Crippen LogP contribution is 2.60. The number of piperidine rings is 1. The molecule has 1 saturated heterocycles. The van der Waals surface area contributed by atoms with E-state index in [1.807, 2.05) is 11.0 Å². The van der Waals surface area contributed by atoms with E-state index < -0.39 is 10.2 Å². The van der Waals surface area contributed by atoms with Crippen LogP contribution in [-0.2, 0) is 21.4 Å². The van der Waals surface area contributed by atoms with Crippen LogP contribution in [0.1, 0.15) is 37.3 Å². The predicted octanol–water partition coefficient (Wildman–Crippen LogP) is 2.26. The van der Waals surface area contributed by atoms with E-state index in [2.05, 4.69) is 15.9 Å². The minimum atomic E-state index is -0.553. The topological polar surface area (TPSA) is 77.8 Å². The number of alkyl halides is 1. The highest BCUT2D eigenvalue weighted by Gasteiger charge is 2.61. The van der Waals surface area contributed by atoms with Crippen LogP contribution in [0.15, 0.2) is 12.1 Å². The first-order chi connectivity index (χ1) is 11.4. The summed E-state index contributed by atoms with van der Waals surface area (Å²) in [6.45, 7) is 2.16. The first-order valence-electron chi connectivity index (χ1n) is 8.36. The van der Waals surface area contributed by atoms with Crippen LogP contribution in [-0.4, -0.2) is 44.2 Å². The van der Waals surface area contributed by atoms with Gasteiger partial charge in [0.25, 0.3) is 0 Å². The summed E-state index contributed by atoms with van der Waals surface area (Å²) in [5, 5.41) is 20.6. The van der Waals surface area contributed by atoms with Crippen LogP contribution in [0, 0.1) is 5.92 Å². The Hall–Kier alpha value is -1.56. The summed E-state index contributed by atoms with van der Waals surface area (Å²) in [4.78, 5) is 26.1. The summed E-state index contributed by atoms with van der Waals surface area (Å²) in [6.07, 6.45) is 2.46. The molecule has 3 aliphatic rings. The molecule has 2 aliphatic carbocycles. The van der Waals surface area contributed by atoms with Crippen LogP contribution in [0.2, 0.25) is 0 Å². The van der Waals surface area contributed by atoms with Crippen LogP contribution in [0.4, 0.5) is 0 Å². The molecule has 2 N–H and O–H groups in total. The molecule has 5 nitrogen and oxygen atoms in total. The van der Waals surface area contributed by atoms with Gasteiger partial charge in [0.2, 0.25) is 5.91 Å². The van der Waals surface area contributed by atoms with Crippen molar-refractivity contribution in [2.45, 2.75) is 48.9 Å². The number of fused-ring (bicyclic) bond motifs is 1. The van der Waals surface area contributed by atoms with Crippen LogP contribution in [0.25, 0.3) is 0 Å². The first kappa shape index (κ1) is 15.9. The van der Waals surface area contributed by atoms with Gasteiger partial charge in [-0.05, 0) is 36.8 Å². The number of rotatable bonds is 0. The Kier molecular flexibility index (Phi) is 3.46. The standard InChI is InChI=1S/C18H20BrNO4/c1-9(21)20-7-6-18-11(3-5-14(23)17(18)19)12(20)8-10-2-4-13(22)16(24)15(10)18/h2,4,11-12,17,22,24H,3,5-8H2,1H3. The molecule has 1 aliphatic heterocycles. The highest BCUT2D eigenvalue weighted by molar-refractivity contribution is 9.10. The summed E-state index contributed by atoms with van der Waals surface area (Å²) >= 11 is 3.61. The Bertz CT molecular complexity index is 749. The van der Waals surface area contributed by atoms with Crippen LogP contribution in [0.5, 0.6) is 11.5 Å². The fourth-order valence-corrected chi connectivity index (χ4v) is 6.34. The Morgan fingerprint density at radius 2 is 2.12 bits per heavy atom. The molecule has 2 bridgehead atoms. The van der Waals surface area contributed by atoms with Gasteiger partial charge in [0, 0.05) is 36.9 Å². The zero-order valence-corrected chi connectivity index (χ0v) is 15.0. The van der Waals surface area contributed by atoms with E-state index in [1.54, 1.807) is 6.92 Å². The molecular weight excluding hydrogens is 374 g/mol. The number of ketones is 1. The molecule has 4 atom stereocenters. The van der Waals surface area contributed by atoms with Gasteiger partial charge in [-0.1, -0.05) is 22.0 Å². The first-order valence-corrected chi connectivity index (χ1v) is 9.27. The summed E-state index contributed by atoms with van der Waals surface area (Å²) in [7, 11) is 0. The summed E-state index contributed by atoms with van der Waals surface area (Å²) in [5.74, 6) is 0.0517. The zero-order chi connectivity index (χ0) is 17.2. The number of carbonyl (C=O) groups is 2. The highest BCUT2D eigenvalue weighted by atomic mass is 79.9. The van der Waals surface area contributed by atoms with Gasteiger partial charge in [0.05, 0.1) is 4.83 Å². The van der Waals surface area contributed by atoms with E-state index in [0.29, 0.717) is 37.8 Å². The Labute approximate surface area is 148 Å². The number of phenolic OH excluding ortho intramolecular Hbond substituents is 2. The maximum absolute atomic E-state index is 12.5. The summed E-state index contributed by atoms with van der Waals surface area (Å²) in [5.41, 5.74) is 1.08. The molecule has 1 amide bonds. The molecule has 4 unspecified atom stereocenters. The minimum Gasteiger partial charge on any atom is -0.504 e. The van der Waals surface area contributed by atoms with Gasteiger partial charge in [-0.2, -0.15) is 0 Å². The lowest BCUT2D eigenvalue weighted by atomic mass is 9.52. The summed E-state index contributed by atoms with van der Waals surface area (Å²) < 4.78 is 0. The van der Waals surface area contributed by atoms with Gasteiger partial charge >= 0.3 is 0 Å². The molecule has 1 saturated carbocycles. The third-order valence-electron chi connectivity index (χ3n) is 6.27. The zero-order valence-electron chi connectivity index (χ0n) is 13.5. The van der Waals surface area contributed by atoms with Crippen molar-refractivity contribution in [1.29, 1.82) is 0 Å². The van der Waals surface area contributed by atoms with Gasteiger partial charge < -0.3 is 15.1 Å². The Morgan fingerprint density at radius 1 is 1.38 bits per heavy atom. The average molecular weight is 394 g/mol. The number of phenols is 2. The number of carbonyl (C=O) groups excluding carboxylic acids is 2. The number of hydrogen-bond acceptors (Lipinski definition) is 4. The molecule has 6 heteroatoms. The number of aromatic hydroxyl groups is 2. The molecule has 2 fully saturated rings. The number of hydrogen-bond donors (Lipinski definition) is 2. The molecule has 24 heavy (non-hydrogen) atoms. The molecule has 0 aromatic heterocycles. The van der Waals surface area contributed by atoms with Crippen molar-refractivity contribution in [2.75, 3.05) is 6.54 Å². The van der Waals surface area contributed by atoms with Crippen molar-refractivity contribution in [3.05, 3.63) is 23.3 Å². The van der Waals surface area contributed by atoms with Crippen molar-refractivity contribution >= 4 is 27.6 Å². The second kappa shape index (κ2) is 5.22. The summed E-state index contributed by atoms with van der Waals surface area (Å²) in [6, 6.07) is 3.35. The van der Waals surface area contributed by atoms with Crippen LogP contribution >= 0.6 is 15.9 Å². The SMILES string of the molecule is CC(=O)N1CCC23c4c(ccc(O)c4O)CC1C2CCC(=O)C3Br.